The average molecular weight is 298 g/mol. The fourth-order valence-corrected chi connectivity index (χ4v) is 1.61. The summed E-state index contributed by atoms with van der Waals surface area (Å²) in [6, 6.07) is 8.10. The molecule has 1 aromatic rings. The quantitative estimate of drug-likeness (QED) is 0.850. The Labute approximate surface area is 110 Å². The summed E-state index contributed by atoms with van der Waals surface area (Å²) in [6.45, 7) is 3.04. The number of rotatable bonds is 5. The summed E-state index contributed by atoms with van der Waals surface area (Å²) >= 11 is 3.39. The van der Waals surface area contributed by atoms with Gasteiger partial charge in [0.05, 0.1) is 0 Å². The van der Waals surface area contributed by atoms with E-state index in [0.717, 1.165) is 11.0 Å². The standard InChI is InChI=1S/C13H16BrNO2/c1-10(13(16)17)7-8-15(2)9-11-3-5-12(14)6-4-11/h3-7H,8-9H2,1-2H3,(H,16,17). The second kappa shape index (κ2) is 6.57. The highest BCUT2D eigenvalue weighted by Crippen LogP contribution is 2.11. The molecule has 4 heteroatoms. The average Bonchev–Trinajstić information content (AvgIpc) is 2.29. The second-order valence-electron chi connectivity index (χ2n) is 4.02. The third-order valence-corrected chi connectivity index (χ3v) is 2.94. The number of carbonyl (C=O) groups is 1. The lowest BCUT2D eigenvalue weighted by Gasteiger charge is -2.14. The van der Waals surface area contributed by atoms with E-state index in [1.807, 2.05) is 31.3 Å². The maximum Gasteiger partial charge on any atom is 0.330 e. The maximum atomic E-state index is 10.6. The van der Waals surface area contributed by atoms with Gasteiger partial charge in [0, 0.05) is 23.1 Å². The third-order valence-electron chi connectivity index (χ3n) is 2.41. The third kappa shape index (κ3) is 5.15. The predicted molar refractivity (Wildman–Crippen MR) is 71.9 cm³/mol. The normalized spacial score (nSPS) is 11.9. The van der Waals surface area contributed by atoms with Crippen molar-refractivity contribution >= 4 is 21.9 Å². The molecule has 0 bridgehead atoms. The zero-order chi connectivity index (χ0) is 12.8. The first-order valence-electron chi connectivity index (χ1n) is 5.32. The van der Waals surface area contributed by atoms with Gasteiger partial charge in [0.25, 0.3) is 0 Å². The first-order chi connectivity index (χ1) is 7.99. The summed E-state index contributed by atoms with van der Waals surface area (Å²) in [5.74, 6) is -0.859. The van der Waals surface area contributed by atoms with Gasteiger partial charge < -0.3 is 5.11 Å². The smallest absolute Gasteiger partial charge is 0.330 e. The van der Waals surface area contributed by atoms with Crippen molar-refractivity contribution < 1.29 is 9.90 Å². The SMILES string of the molecule is CC(=CCN(C)Cc1ccc(Br)cc1)C(=O)O. The van der Waals surface area contributed by atoms with Gasteiger partial charge in [-0.1, -0.05) is 34.1 Å². The zero-order valence-electron chi connectivity index (χ0n) is 9.98. The number of nitrogens with zero attached hydrogens (tertiary/aromatic N) is 1. The van der Waals surface area contributed by atoms with E-state index in [9.17, 15) is 4.79 Å². The summed E-state index contributed by atoms with van der Waals surface area (Å²) in [5, 5.41) is 8.72. The van der Waals surface area contributed by atoms with Gasteiger partial charge in [-0.2, -0.15) is 0 Å². The summed E-state index contributed by atoms with van der Waals surface area (Å²) < 4.78 is 1.06. The molecular weight excluding hydrogens is 282 g/mol. The van der Waals surface area contributed by atoms with Crippen molar-refractivity contribution in [3.05, 3.63) is 46.0 Å². The molecule has 0 aromatic heterocycles. The number of carboxylic acids is 1. The molecule has 0 unspecified atom stereocenters. The van der Waals surface area contributed by atoms with Crippen LogP contribution in [0.3, 0.4) is 0 Å². The number of benzene rings is 1. The van der Waals surface area contributed by atoms with Gasteiger partial charge in [0.2, 0.25) is 0 Å². The van der Waals surface area contributed by atoms with Crippen LogP contribution in [-0.2, 0) is 11.3 Å². The van der Waals surface area contributed by atoms with Crippen LogP contribution in [-0.4, -0.2) is 29.6 Å². The van der Waals surface area contributed by atoms with Gasteiger partial charge in [-0.3, -0.25) is 4.90 Å². The molecule has 1 aromatic carbocycles. The number of hydrogen-bond donors (Lipinski definition) is 1. The fourth-order valence-electron chi connectivity index (χ4n) is 1.35. The van der Waals surface area contributed by atoms with Gasteiger partial charge in [0.15, 0.2) is 0 Å². The molecule has 0 fully saturated rings. The first-order valence-corrected chi connectivity index (χ1v) is 6.11. The van der Waals surface area contributed by atoms with Crippen LogP contribution in [0.15, 0.2) is 40.4 Å². The number of halogens is 1. The maximum absolute atomic E-state index is 10.6. The van der Waals surface area contributed by atoms with Crippen LogP contribution in [0, 0.1) is 0 Å². The van der Waals surface area contributed by atoms with Crippen LogP contribution in [0.1, 0.15) is 12.5 Å². The summed E-state index contributed by atoms with van der Waals surface area (Å²) in [4.78, 5) is 12.7. The van der Waals surface area contributed by atoms with E-state index in [0.29, 0.717) is 12.1 Å². The predicted octanol–water partition coefficient (Wildman–Crippen LogP) is 2.91. The van der Waals surface area contributed by atoms with Crippen LogP contribution >= 0.6 is 15.9 Å². The molecule has 0 atom stereocenters. The molecule has 0 spiro atoms. The molecule has 0 aliphatic heterocycles. The largest absolute Gasteiger partial charge is 0.478 e. The fraction of sp³-hybridized carbons (Fsp3) is 0.308. The first kappa shape index (κ1) is 13.9. The Hall–Kier alpha value is -1.13. The monoisotopic (exact) mass is 297 g/mol. The van der Waals surface area contributed by atoms with Gasteiger partial charge in [0.1, 0.15) is 0 Å². The van der Waals surface area contributed by atoms with E-state index in [4.69, 9.17) is 5.11 Å². The van der Waals surface area contributed by atoms with E-state index in [1.165, 1.54) is 5.56 Å². The molecule has 0 saturated heterocycles. The Morgan fingerprint density at radius 3 is 2.53 bits per heavy atom. The summed E-state index contributed by atoms with van der Waals surface area (Å²) in [5.41, 5.74) is 1.59. The Kier molecular flexibility index (Phi) is 5.38. The van der Waals surface area contributed by atoms with E-state index in [1.54, 1.807) is 13.0 Å². The number of carboxylic acid groups (broad SMARTS) is 1. The van der Waals surface area contributed by atoms with Gasteiger partial charge in [-0.25, -0.2) is 4.79 Å². The molecule has 0 radical (unpaired) electrons. The van der Waals surface area contributed by atoms with Gasteiger partial charge in [-0.05, 0) is 31.7 Å². The van der Waals surface area contributed by atoms with Crippen molar-refractivity contribution in [3.8, 4) is 0 Å². The molecule has 0 aliphatic carbocycles. The minimum Gasteiger partial charge on any atom is -0.478 e. The molecule has 17 heavy (non-hydrogen) atoms. The van der Waals surface area contributed by atoms with Gasteiger partial charge >= 0.3 is 5.97 Å². The highest BCUT2D eigenvalue weighted by atomic mass is 79.9. The van der Waals surface area contributed by atoms with Crippen molar-refractivity contribution in [2.45, 2.75) is 13.5 Å². The van der Waals surface area contributed by atoms with Crippen LogP contribution in [0.2, 0.25) is 0 Å². The Morgan fingerprint density at radius 2 is 2.00 bits per heavy atom. The summed E-state index contributed by atoms with van der Waals surface area (Å²) in [7, 11) is 1.97. The molecule has 1 rings (SSSR count). The van der Waals surface area contributed by atoms with Crippen LogP contribution in [0.4, 0.5) is 0 Å². The van der Waals surface area contributed by atoms with Crippen molar-refractivity contribution in [1.29, 1.82) is 0 Å². The highest BCUT2D eigenvalue weighted by Gasteiger charge is 2.02. The zero-order valence-corrected chi connectivity index (χ0v) is 11.6. The lowest BCUT2D eigenvalue weighted by molar-refractivity contribution is -0.132. The minimum absolute atomic E-state index is 0.382. The van der Waals surface area contributed by atoms with Crippen molar-refractivity contribution in [1.82, 2.24) is 4.90 Å². The lowest BCUT2D eigenvalue weighted by atomic mass is 10.2. The van der Waals surface area contributed by atoms with E-state index in [2.05, 4.69) is 20.8 Å². The summed E-state index contributed by atoms with van der Waals surface area (Å²) in [6.07, 6.45) is 1.72. The molecule has 0 heterocycles. The molecule has 1 N–H and O–H groups in total. The Bertz CT molecular complexity index is 412. The van der Waals surface area contributed by atoms with Crippen LogP contribution in [0.25, 0.3) is 0 Å². The minimum atomic E-state index is -0.859. The van der Waals surface area contributed by atoms with Crippen molar-refractivity contribution in [2.75, 3.05) is 13.6 Å². The molecule has 0 amide bonds. The van der Waals surface area contributed by atoms with Gasteiger partial charge in [-0.15, -0.1) is 0 Å². The lowest BCUT2D eigenvalue weighted by Crippen LogP contribution is -2.18. The molecular formula is C13H16BrNO2. The number of likely N-dealkylation sites (N-methyl/N-ethyl adjacent to an activating group) is 1. The molecule has 3 nitrogen and oxygen atoms in total. The van der Waals surface area contributed by atoms with E-state index < -0.39 is 5.97 Å². The number of aliphatic carboxylic acids is 1. The van der Waals surface area contributed by atoms with Crippen molar-refractivity contribution in [3.63, 3.8) is 0 Å². The highest BCUT2D eigenvalue weighted by molar-refractivity contribution is 9.10. The molecule has 92 valence electrons. The number of hydrogen-bond acceptors (Lipinski definition) is 2. The Balaban J connectivity index is 2.50. The topological polar surface area (TPSA) is 40.5 Å². The molecule has 0 aliphatic rings. The van der Waals surface area contributed by atoms with Crippen LogP contribution < -0.4 is 0 Å². The van der Waals surface area contributed by atoms with E-state index in [-0.39, 0.29) is 0 Å². The van der Waals surface area contributed by atoms with E-state index >= 15 is 0 Å². The second-order valence-corrected chi connectivity index (χ2v) is 4.93. The van der Waals surface area contributed by atoms with Crippen LogP contribution in [0.5, 0.6) is 0 Å². The molecule has 0 saturated carbocycles. The Morgan fingerprint density at radius 1 is 1.41 bits per heavy atom. The van der Waals surface area contributed by atoms with Crippen molar-refractivity contribution in [2.24, 2.45) is 0 Å².